The van der Waals surface area contributed by atoms with Gasteiger partial charge >= 0.3 is 5.97 Å². The summed E-state index contributed by atoms with van der Waals surface area (Å²) in [7, 11) is 1.27. The number of carbonyl (C=O) groups excluding carboxylic acids is 3. The Labute approximate surface area is 160 Å². The van der Waals surface area contributed by atoms with Crippen molar-refractivity contribution in [3.63, 3.8) is 0 Å². The molecule has 8 nitrogen and oxygen atoms in total. The van der Waals surface area contributed by atoms with Crippen LogP contribution >= 0.6 is 0 Å². The molecule has 0 aliphatic rings. The molecule has 0 aromatic heterocycles. The van der Waals surface area contributed by atoms with Crippen LogP contribution in [-0.2, 0) is 25.5 Å². The highest BCUT2D eigenvalue weighted by Gasteiger charge is 2.27. The van der Waals surface area contributed by atoms with Crippen molar-refractivity contribution in [1.82, 2.24) is 10.6 Å². The molecule has 0 saturated heterocycles. The van der Waals surface area contributed by atoms with Gasteiger partial charge in [-0.3, -0.25) is 9.59 Å². The molecule has 0 bridgehead atoms. The van der Waals surface area contributed by atoms with E-state index in [1.807, 2.05) is 30.3 Å². The first-order chi connectivity index (χ1) is 12.9. The molecule has 0 unspecified atom stereocenters. The maximum atomic E-state index is 12.8. The number of esters is 1. The van der Waals surface area contributed by atoms with Crippen molar-refractivity contribution in [2.75, 3.05) is 13.7 Å². The first-order valence-electron chi connectivity index (χ1n) is 9.07. The Bertz CT molecular complexity index is 607. The van der Waals surface area contributed by atoms with Crippen LogP contribution in [0.5, 0.6) is 0 Å². The van der Waals surface area contributed by atoms with E-state index in [4.69, 9.17) is 16.2 Å². The number of nitrogens with one attached hydrogen (secondary N) is 2. The topological polar surface area (TPSA) is 137 Å². The fourth-order valence-electron chi connectivity index (χ4n) is 2.52. The van der Waals surface area contributed by atoms with E-state index < -0.39 is 35.9 Å². The predicted octanol–water partition coefficient (Wildman–Crippen LogP) is -0.152. The summed E-state index contributed by atoms with van der Waals surface area (Å²) < 4.78 is 4.77. The summed E-state index contributed by atoms with van der Waals surface area (Å²) in [4.78, 5) is 36.8. The van der Waals surface area contributed by atoms with Gasteiger partial charge in [0.1, 0.15) is 12.1 Å². The third-order valence-corrected chi connectivity index (χ3v) is 4.08. The molecule has 0 aliphatic carbocycles. The first kappa shape index (κ1) is 22.6. The smallest absolute Gasteiger partial charge is 0.328 e. The molecule has 0 radical (unpaired) electrons. The van der Waals surface area contributed by atoms with E-state index in [0.717, 1.165) is 12.0 Å². The number of hydrogen-bond acceptors (Lipinski definition) is 6. The Kier molecular flexibility index (Phi) is 10.1. The Balaban J connectivity index is 2.88. The van der Waals surface area contributed by atoms with E-state index in [0.29, 0.717) is 19.4 Å². The monoisotopic (exact) mass is 378 g/mol. The molecule has 0 heterocycles. The molecule has 3 atom stereocenters. The average molecular weight is 378 g/mol. The molecule has 8 heteroatoms. The molecular weight excluding hydrogens is 348 g/mol. The lowest BCUT2D eigenvalue weighted by molar-refractivity contribution is -0.145. The highest BCUT2D eigenvalue weighted by molar-refractivity contribution is 5.92. The zero-order valence-corrected chi connectivity index (χ0v) is 15.9. The molecule has 0 spiro atoms. The number of methoxy groups -OCH3 is 1. The van der Waals surface area contributed by atoms with Crippen molar-refractivity contribution in [3.8, 4) is 0 Å². The molecule has 0 saturated carbocycles. The SMILES string of the molecule is COC(=O)[C@H](CCCCN)NC(=O)[C@H](Cc1ccccc1)NC(=O)[C@H](C)N. The van der Waals surface area contributed by atoms with Gasteiger partial charge in [0.15, 0.2) is 0 Å². The lowest BCUT2D eigenvalue weighted by Gasteiger charge is -2.23. The van der Waals surface area contributed by atoms with Crippen LogP contribution in [0.3, 0.4) is 0 Å². The van der Waals surface area contributed by atoms with Crippen molar-refractivity contribution in [1.29, 1.82) is 0 Å². The van der Waals surface area contributed by atoms with Gasteiger partial charge in [0, 0.05) is 6.42 Å². The Morgan fingerprint density at radius 2 is 1.67 bits per heavy atom. The summed E-state index contributed by atoms with van der Waals surface area (Å²) >= 11 is 0. The van der Waals surface area contributed by atoms with Crippen LogP contribution in [0.1, 0.15) is 31.7 Å². The number of hydrogen-bond donors (Lipinski definition) is 4. The minimum absolute atomic E-state index is 0.280. The normalized spacial score (nSPS) is 13.9. The van der Waals surface area contributed by atoms with E-state index in [9.17, 15) is 14.4 Å². The van der Waals surface area contributed by atoms with E-state index in [1.165, 1.54) is 14.0 Å². The Morgan fingerprint density at radius 1 is 1.04 bits per heavy atom. The second-order valence-corrected chi connectivity index (χ2v) is 6.41. The van der Waals surface area contributed by atoms with E-state index in [-0.39, 0.29) is 6.42 Å². The maximum Gasteiger partial charge on any atom is 0.328 e. The van der Waals surface area contributed by atoms with Crippen LogP contribution in [0.2, 0.25) is 0 Å². The second kappa shape index (κ2) is 12.0. The molecule has 1 rings (SSSR count). The van der Waals surface area contributed by atoms with Gasteiger partial charge in [-0.15, -0.1) is 0 Å². The van der Waals surface area contributed by atoms with Crippen LogP contribution in [0, 0.1) is 0 Å². The quantitative estimate of drug-likeness (QED) is 0.312. The summed E-state index contributed by atoms with van der Waals surface area (Å²) in [6.07, 6.45) is 2.10. The van der Waals surface area contributed by atoms with Crippen LogP contribution in [0.4, 0.5) is 0 Å². The Morgan fingerprint density at radius 3 is 2.22 bits per heavy atom. The molecule has 1 aromatic carbocycles. The molecular formula is C19H30N4O4. The number of benzene rings is 1. The fourth-order valence-corrected chi connectivity index (χ4v) is 2.52. The number of amides is 2. The van der Waals surface area contributed by atoms with Crippen LogP contribution < -0.4 is 22.1 Å². The van der Waals surface area contributed by atoms with Crippen LogP contribution in [-0.4, -0.2) is 49.6 Å². The zero-order valence-electron chi connectivity index (χ0n) is 15.9. The number of nitrogens with two attached hydrogens (primary N) is 2. The average Bonchev–Trinajstić information content (AvgIpc) is 2.66. The van der Waals surface area contributed by atoms with E-state index >= 15 is 0 Å². The summed E-state index contributed by atoms with van der Waals surface area (Å²) in [6, 6.07) is 6.88. The molecule has 6 N–H and O–H groups in total. The highest BCUT2D eigenvalue weighted by Crippen LogP contribution is 2.07. The Hall–Kier alpha value is -2.45. The number of unbranched alkanes of at least 4 members (excludes halogenated alkanes) is 1. The molecule has 0 aliphatic heterocycles. The van der Waals surface area contributed by atoms with Crippen LogP contribution in [0.15, 0.2) is 30.3 Å². The fraction of sp³-hybridized carbons (Fsp3) is 0.526. The summed E-state index contributed by atoms with van der Waals surface area (Å²) in [5, 5.41) is 5.33. The second-order valence-electron chi connectivity index (χ2n) is 6.41. The third-order valence-electron chi connectivity index (χ3n) is 4.08. The summed E-state index contributed by atoms with van der Waals surface area (Å²) in [5.74, 6) is -1.43. The standard InChI is InChI=1S/C19H30N4O4/c1-13(21)17(24)23-16(12-14-8-4-3-5-9-14)18(25)22-15(19(26)27-2)10-6-7-11-20/h3-5,8-9,13,15-16H,6-7,10-12,20-21H2,1-2H3,(H,22,25)(H,23,24)/t13-,15-,16-/m0/s1. The third kappa shape index (κ3) is 8.19. The van der Waals surface area contributed by atoms with Crippen molar-refractivity contribution in [2.24, 2.45) is 11.5 Å². The lowest BCUT2D eigenvalue weighted by atomic mass is 10.0. The van der Waals surface area contributed by atoms with Gasteiger partial charge < -0.3 is 26.8 Å². The van der Waals surface area contributed by atoms with Gasteiger partial charge in [0.05, 0.1) is 13.2 Å². The van der Waals surface area contributed by atoms with Gasteiger partial charge in [-0.25, -0.2) is 4.79 Å². The molecule has 1 aromatic rings. The lowest BCUT2D eigenvalue weighted by Crippen LogP contribution is -2.55. The minimum Gasteiger partial charge on any atom is -0.467 e. The van der Waals surface area contributed by atoms with Gasteiger partial charge in [-0.05, 0) is 38.3 Å². The number of rotatable bonds is 11. The van der Waals surface area contributed by atoms with E-state index in [2.05, 4.69) is 10.6 Å². The largest absolute Gasteiger partial charge is 0.467 e. The molecule has 27 heavy (non-hydrogen) atoms. The van der Waals surface area contributed by atoms with Crippen molar-refractivity contribution >= 4 is 17.8 Å². The molecule has 150 valence electrons. The van der Waals surface area contributed by atoms with E-state index in [1.54, 1.807) is 0 Å². The van der Waals surface area contributed by atoms with Crippen molar-refractivity contribution in [3.05, 3.63) is 35.9 Å². The van der Waals surface area contributed by atoms with Crippen molar-refractivity contribution in [2.45, 2.75) is 50.7 Å². The highest BCUT2D eigenvalue weighted by atomic mass is 16.5. The molecule has 0 fully saturated rings. The van der Waals surface area contributed by atoms with Crippen LogP contribution in [0.25, 0.3) is 0 Å². The van der Waals surface area contributed by atoms with Crippen molar-refractivity contribution < 1.29 is 19.1 Å². The first-order valence-corrected chi connectivity index (χ1v) is 9.07. The summed E-state index contributed by atoms with van der Waals surface area (Å²) in [5.41, 5.74) is 12.0. The van der Waals surface area contributed by atoms with Gasteiger partial charge in [0.2, 0.25) is 11.8 Å². The number of ether oxygens (including phenoxy) is 1. The maximum absolute atomic E-state index is 12.8. The zero-order chi connectivity index (χ0) is 20.2. The van der Waals surface area contributed by atoms with Gasteiger partial charge in [-0.1, -0.05) is 30.3 Å². The van der Waals surface area contributed by atoms with Gasteiger partial charge in [-0.2, -0.15) is 0 Å². The minimum atomic E-state index is -0.854. The van der Waals surface area contributed by atoms with Gasteiger partial charge in [0.25, 0.3) is 0 Å². The molecule has 2 amide bonds. The number of carbonyl (C=O) groups is 3. The summed E-state index contributed by atoms with van der Waals surface area (Å²) in [6.45, 7) is 2.04. The predicted molar refractivity (Wildman–Crippen MR) is 103 cm³/mol.